The minimum atomic E-state index is -1.32. The topological polar surface area (TPSA) is 12.0 Å². The van der Waals surface area contributed by atoms with Crippen molar-refractivity contribution in [3.05, 3.63) is 22.3 Å². The molecule has 1 aliphatic carbocycles. The highest BCUT2D eigenvalue weighted by Gasteiger charge is 2.51. The lowest BCUT2D eigenvalue weighted by Crippen LogP contribution is -2.64. The largest absolute Gasteiger partial charge is 0.332 e. The second-order valence-electron chi connectivity index (χ2n) is 7.43. The van der Waals surface area contributed by atoms with Crippen LogP contribution < -0.4 is 4.98 Å². The van der Waals surface area contributed by atoms with Crippen LogP contribution in [-0.4, -0.2) is 13.8 Å². The third-order valence-corrected chi connectivity index (χ3v) is 10.7. The van der Waals surface area contributed by atoms with Crippen molar-refractivity contribution < 1.29 is 0 Å². The summed E-state index contributed by atoms with van der Waals surface area (Å²) in [5, 5.41) is 0. The Labute approximate surface area is 114 Å². The molecule has 0 aromatic carbocycles. The molecule has 102 valence electrons. The lowest BCUT2D eigenvalue weighted by Gasteiger charge is -2.50. The minimum Gasteiger partial charge on any atom is -0.332 e. The summed E-state index contributed by atoms with van der Waals surface area (Å²) in [6.45, 7) is 16.3. The summed E-state index contributed by atoms with van der Waals surface area (Å²) in [7, 11) is -1.32. The number of allylic oxidation sites excluding steroid dienone is 4. The Kier molecular flexibility index (Phi) is 3.40. The summed E-state index contributed by atoms with van der Waals surface area (Å²) in [4.78, 5) is 4.08. The summed E-state index contributed by atoms with van der Waals surface area (Å²) < 4.78 is 0. The maximum atomic E-state index is 4.08. The molecule has 0 aromatic heterocycles. The van der Waals surface area contributed by atoms with E-state index in [0.29, 0.717) is 0 Å². The lowest BCUT2D eigenvalue weighted by atomic mass is 10.1. The van der Waals surface area contributed by atoms with Crippen LogP contribution in [0, 0.1) is 0 Å². The predicted octanol–water partition coefficient (Wildman–Crippen LogP) is 4.78. The van der Waals surface area contributed by atoms with Gasteiger partial charge in [0, 0.05) is 11.1 Å². The Morgan fingerprint density at radius 1 is 0.944 bits per heavy atom. The third kappa shape index (κ3) is 2.14. The van der Waals surface area contributed by atoms with Crippen molar-refractivity contribution in [1.29, 1.82) is 0 Å². The molecule has 2 heteroatoms. The second-order valence-corrected chi connectivity index (χ2v) is 11.6. The standard InChI is InChI=1S/C16H29NSi/c1-11-12(2)14(4)15(13(11)3)18(9-8-10-18)17-16(5,6)7/h15,17H,8-10H2,1-7H3. The van der Waals surface area contributed by atoms with Crippen molar-refractivity contribution in [3.63, 3.8) is 0 Å². The van der Waals surface area contributed by atoms with Gasteiger partial charge in [-0.15, -0.1) is 0 Å². The number of nitrogens with one attached hydrogen (secondary N) is 1. The molecular formula is C16H29NSi. The van der Waals surface area contributed by atoms with Crippen LogP contribution in [0.1, 0.15) is 54.9 Å². The maximum absolute atomic E-state index is 4.08. The van der Waals surface area contributed by atoms with Crippen LogP contribution in [0.3, 0.4) is 0 Å². The highest BCUT2D eigenvalue weighted by molar-refractivity contribution is 6.82. The molecule has 2 aliphatic rings. The molecule has 0 spiro atoms. The van der Waals surface area contributed by atoms with Gasteiger partial charge in [0.15, 0.2) is 0 Å². The quantitative estimate of drug-likeness (QED) is 0.707. The molecule has 1 fully saturated rings. The average molecular weight is 264 g/mol. The first kappa shape index (κ1) is 14.1. The van der Waals surface area contributed by atoms with Crippen molar-refractivity contribution in [2.75, 3.05) is 0 Å². The van der Waals surface area contributed by atoms with Gasteiger partial charge in [0.1, 0.15) is 8.24 Å². The molecule has 1 N–H and O–H groups in total. The van der Waals surface area contributed by atoms with Crippen LogP contribution in [0.4, 0.5) is 0 Å². The van der Waals surface area contributed by atoms with Crippen LogP contribution in [0.2, 0.25) is 17.6 Å². The van der Waals surface area contributed by atoms with E-state index in [0.717, 1.165) is 5.54 Å². The molecule has 1 aliphatic heterocycles. The number of hydrogen-bond acceptors (Lipinski definition) is 1. The molecule has 0 amide bonds. The first-order valence-corrected chi connectivity index (χ1v) is 9.81. The number of hydrogen-bond donors (Lipinski definition) is 1. The van der Waals surface area contributed by atoms with E-state index in [-0.39, 0.29) is 5.54 Å². The first-order valence-electron chi connectivity index (χ1n) is 7.32. The Bertz CT molecular complexity index is 395. The summed E-state index contributed by atoms with van der Waals surface area (Å²) >= 11 is 0. The van der Waals surface area contributed by atoms with Gasteiger partial charge in [-0.1, -0.05) is 17.6 Å². The summed E-state index contributed by atoms with van der Waals surface area (Å²) in [6.07, 6.45) is 1.43. The molecule has 0 saturated carbocycles. The molecule has 0 bridgehead atoms. The maximum Gasteiger partial charge on any atom is 0.137 e. The van der Waals surface area contributed by atoms with Gasteiger partial charge in [-0.3, -0.25) is 0 Å². The molecule has 1 heterocycles. The van der Waals surface area contributed by atoms with Gasteiger partial charge in [0.2, 0.25) is 0 Å². The molecule has 0 atom stereocenters. The van der Waals surface area contributed by atoms with Crippen molar-refractivity contribution in [3.8, 4) is 0 Å². The van der Waals surface area contributed by atoms with Gasteiger partial charge >= 0.3 is 0 Å². The monoisotopic (exact) mass is 263 g/mol. The Morgan fingerprint density at radius 3 is 1.67 bits per heavy atom. The second kappa shape index (κ2) is 4.34. The number of rotatable bonds is 2. The third-order valence-electron chi connectivity index (χ3n) is 5.03. The van der Waals surface area contributed by atoms with Gasteiger partial charge in [0.05, 0.1) is 0 Å². The molecule has 1 nitrogen and oxygen atoms in total. The summed E-state index contributed by atoms with van der Waals surface area (Å²) in [6, 6.07) is 2.92. The van der Waals surface area contributed by atoms with Gasteiger partial charge in [-0.05, 0) is 71.7 Å². The van der Waals surface area contributed by atoms with E-state index in [4.69, 9.17) is 0 Å². The van der Waals surface area contributed by atoms with Crippen LogP contribution in [-0.2, 0) is 0 Å². The molecule has 0 aromatic rings. The lowest BCUT2D eigenvalue weighted by molar-refractivity contribution is 0.493. The zero-order valence-corrected chi connectivity index (χ0v) is 14.2. The van der Waals surface area contributed by atoms with Gasteiger partial charge < -0.3 is 4.98 Å². The minimum absolute atomic E-state index is 0.262. The highest BCUT2D eigenvalue weighted by Crippen LogP contribution is 2.53. The molecular weight excluding hydrogens is 234 g/mol. The molecule has 0 radical (unpaired) electrons. The van der Waals surface area contributed by atoms with Crippen molar-refractivity contribution >= 4 is 8.24 Å². The van der Waals surface area contributed by atoms with Gasteiger partial charge in [0.25, 0.3) is 0 Å². The van der Waals surface area contributed by atoms with Crippen LogP contribution in [0.15, 0.2) is 22.3 Å². The van der Waals surface area contributed by atoms with Crippen LogP contribution >= 0.6 is 0 Å². The first-order chi connectivity index (χ1) is 8.18. The van der Waals surface area contributed by atoms with E-state index in [1.807, 2.05) is 0 Å². The van der Waals surface area contributed by atoms with E-state index >= 15 is 0 Å². The highest BCUT2D eigenvalue weighted by atomic mass is 28.3. The zero-order valence-electron chi connectivity index (χ0n) is 13.2. The van der Waals surface area contributed by atoms with Crippen LogP contribution in [0.25, 0.3) is 0 Å². The molecule has 18 heavy (non-hydrogen) atoms. The fourth-order valence-electron chi connectivity index (χ4n) is 3.97. The van der Waals surface area contributed by atoms with Crippen molar-refractivity contribution in [2.45, 2.75) is 78.1 Å². The van der Waals surface area contributed by atoms with Crippen molar-refractivity contribution in [2.24, 2.45) is 0 Å². The predicted molar refractivity (Wildman–Crippen MR) is 83.4 cm³/mol. The van der Waals surface area contributed by atoms with E-state index in [1.54, 1.807) is 22.3 Å². The SMILES string of the molecule is CC1=C(C)C([Si]2(NC(C)(C)C)CCC2)C(C)=C1C. The fraction of sp³-hybridized carbons (Fsp3) is 0.750. The van der Waals surface area contributed by atoms with Crippen LogP contribution in [0.5, 0.6) is 0 Å². The molecule has 1 saturated heterocycles. The van der Waals surface area contributed by atoms with E-state index < -0.39 is 8.24 Å². The average Bonchev–Trinajstić information content (AvgIpc) is 2.37. The van der Waals surface area contributed by atoms with E-state index in [1.165, 1.54) is 18.5 Å². The zero-order chi connectivity index (χ0) is 13.7. The van der Waals surface area contributed by atoms with Crippen molar-refractivity contribution in [1.82, 2.24) is 4.98 Å². The van der Waals surface area contributed by atoms with E-state index in [2.05, 4.69) is 53.4 Å². The van der Waals surface area contributed by atoms with Gasteiger partial charge in [-0.2, -0.15) is 0 Å². The Hall–Kier alpha value is -0.343. The summed E-state index contributed by atoms with van der Waals surface area (Å²) in [5.74, 6) is 0. The Morgan fingerprint density at radius 2 is 1.39 bits per heavy atom. The normalized spacial score (nSPS) is 24.8. The smallest absolute Gasteiger partial charge is 0.137 e. The summed E-state index contributed by atoms with van der Waals surface area (Å²) in [5.41, 5.74) is 7.48. The van der Waals surface area contributed by atoms with E-state index in [9.17, 15) is 0 Å². The fourth-order valence-corrected chi connectivity index (χ4v) is 9.64. The van der Waals surface area contributed by atoms with Gasteiger partial charge in [-0.25, -0.2) is 0 Å². The Balaban J connectivity index is 2.36. The molecule has 2 rings (SSSR count). The molecule has 0 unspecified atom stereocenters.